The van der Waals surface area contributed by atoms with Crippen LogP contribution < -0.4 is 5.32 Å². The zero-order valence-corrected chi connectivity index (χ0v) is 12.5. The molecule has 2 rings (SSSR count). The maximum absolute atomic E-state index is 4.32. The normalized spacial score (nSPS) is 19.8. The molecule has 19 heavy (non-hydrogen) atoms. The van der Waals surface area contributed by atoms with Crippen LogP contribution in [0.3, 0.4) is 0 Å². The maximum atomic E-state index is 4.32. The number of hydrogen-bond acceptors (Lipinski definition) is 3. The van der Waals surface area contributed by atoms with E-state index < -0.39 is 0 Å². The highest BCUT2D eigenvalue weighted by Gasteiger charge is 2.43. The Morgan fingerprint density at radius 2 is 2.11 bits per heavy atom. The van der Waals surface area contributed by atoms with E-state index in [1.54, 1.807) is 0 Å². The molecule has 1 aromatic heterocycles. The van der Waals surface area contributed by atoms with E-state index in [1.165, 1.54) is 37.7 Å². The molecule has 1 heterocycles. The summed E-state index contributed by atoms with van der Waals surface area (Å²) in [5.74, 6) is 0. The first-order valence-corrected chi connectivity index (χ1v) is 7.51. The fourth-order valence-corrected chi connectivity index (χ4v) is 3.43. The largest absolute Gasteiger partial charge is 0.308 e. The van der Waals surface area contributed by atoms with Crippen LogP contribution in [0.15, 0.2) is 24.5 Å². The minimum absolute atomic E-state index is 0.248. The van der Waals surface area contributed by atoms with Gasteiger partial charge in [-0.05, 0) is 51.5 Å². The Kier molecular flexibility index (Phi) is 4.94. The van der Waals surface area contributed by atoms with E-state index >= 15 is 0 Å². The quantitative estimate of drug-likeness (QED) is 0.853. The van der Waals surface area contributed by atoms with Gasteiger partial charge in [0.25, 0.3) is 0 Å². The molecule has 1 aliphatic rings. The molecule has 0 amide bonds. The van der Waals surface area contributed by atoms with Crippen LogP contribution in [0.2, 0.25) is 0 Å². The van der Waals surface area contributed by atoms with Crippen LogP contribution in [0, 0.1) is 0 Å². The monoisotopic (exact) mass is 261 g/mol. The minimum Gasteiger partial charge on any atom is -0.308 e. The number of aromatic nitrogens is 1. The molecule has 3 heteroatoms. The average Bonchev–Trinajstić information content (AvgIpc) is 2.91. The number of nitrogens with one attached hydrogen (secondary N) is 1. The molecule has 1 saturated carbocycles. The van der Waals surface area contributed by atoms with Gasteiger partial charge < -0.3 is 10.2 Å². The Hall–Kier alpha value is -0.930. The summed E-state index contributed by atoms with van der Waals surface area (Å²) in [6.45, 7) is 3.29. The third-order valence-electron chi connectivity index (χ3n) is 4.51. The number of nitrogens with zero attached hydrogens (tertiary/aromatic N) is 2. The lowest BCUT2D eigenvalue weighted by atomic mass is 9.83. The first kappa shape index (κ1) is 14.5. The fourth-order valence-electron chi connectivity index (χ4n) is 3.43. The fraction of sp³-hybridized carbons (Fsp3) is 0.688. The van der Waals surface area contributed by atoms with Crippen molar-refractivity contribution in [1.82, 2.24) is 15.2 Å². The molecular weight excluding hydrogens is 234 g/mol. The molecular formula is C16H27N3. The van der Waals surface area contributed by atoms with Crippen molar-refractivity contribution in [1.29, 1.82) is 0 Å². The second-order valence-corrected chi connectivity index (χ2v) is 5.88. The molecule has 0 radical (unpaired) electrons. The van der Waals surface area contributed by atoms with Gasteiger partial charge in [0.2, 0.25) is 0 Å². The van der Waals surface area contributed by atoms with Gasteiger partial charge in [-0.1, -0.05) is 25.8 Å². The van der Waals surface area contributed by atoms with Crippen molar-refractivity contribution in [2.75, 3.05) is 20.6 Å². The SMILES string of the molecule is CCCNC(c1cccnc1)C1(N(C)C)CCCC1. The third kappa shape index (κ3) is 2.98. The Balaban J connectivity index is 2.30. The Morgan fingerprint density at radius 3 is 2.63 bits per heavy atom. The highest BCUT2D eigenvalue weighted by atomic mass is 15.2. The summed E-state index contributed by atoms with van der Waals surface area (Å²) < 4.78 is 0. The summed E-state index contributed by atoms with van der Waals surface area (Å²) in [6.07, 6.45) is 10.3. The van der Waals surface area contributed by atoms with Gasteiger partial charge in [0.15, 0.2) is 0 Å². The minimum atomic E-state index is 0.248. The average molecular weight is 261 g/mol. The first-order chi connectivity index (χ1) is 9.20. The highest BCUT2D eigenvalue weighted by molar-refractivity contribution is 5.21. The molecule has 1 N–H and O–H groups in total. The van der Waals surface area contributed by atoms with E-state index in [2.05, 4.69) is 42.3 Å². The molecule has 0 bridgehead atoms. The summed E-state index contributed by atoms with van der Waals surface area (Å²) in [7, 11) is 4.45. The van der Waals surface area contributed by atoms with Gasteiger partial charge in [0, 0.05) is 17.9 Å². The molecule has 1 aliphatic carbocycles. The predicted octanol–water partition coefficient (Wildman–Crippen LogP) is 3.00. The van der Waals surface area contributed by atoms with E-state index in [0.717, 1.165) is 6.54 Å². The molecule has 3 nitrogen and oxygen atoms in total. The van der Waals surface area contributed by atoms with Crippen LogP contribution in [-0.4, -0.2) is 36.1 Å². The van der Waals surface area contributed by atoms with Crippen molar-refractivity contribution in [3.63, 3.8) is 0 Å². The Labute approximate surface area is 117 Å². The molecule has 0 saturated heterocycles. The Bertz CT molecular complexity index is 369. The first-order valence-electron chi connectivity index (χ1n) is 7.51. The maximum Gasteiger partial charge on any atom is 0.0522 e. The van der Waals surface area contributed by atoms with Crippen LogP contribution in [0.4, 0.5) is 0 Å². The van der Waals surface area contributed by atoms with Crippen LogP contribution >= 0.6 is 0 Å². The standard InChI is InChI=1S/C16H27N3/c1-4-11-18-15(14-8-7-12-17-13-14)16(19(2)3)9-5-6-10-16/h7-8,12-13,15,18H,4-6,9-11H2,1-3H3. The smallest absolute Gasteiger partial charge is 0.0522 e. The van der Waals surface area contributed by atoms with E-state index in [9.17, 15) is 0 Å². The van der Waals surface area contributed by atoms with E-state index in [-0.39, 0.29) is 5.54 Å². The molecule has 1 unspecified atom stereocenters. The number of pyridine rings is 1. The van der Waals surface area contributed by atoms with Gasteiger partial charge >= 0.3 is 0 Å². The molecule has 106 valence electrons. The predicted molar refractivity (Wildman–Crippen MR) is 80.2 cm³/mol. The van der Waals surface area contributed by atoms with E-state index in [1.807, 2.05) is 18.5 Å². The van der Waals surface area contributed by atoms with Crippen LogP contribution in [0.5, 0.6) is 0 Å². The lowest BCUT2D eigenvalue weighted by molar-refractivity contribution is 0.104. The molecule has 0 spiro atoms. The lowest BCUT2D eigenvalue weighted by Crippen LogP contribution is -2.52. The summed E-state index contributed by atoms with van der Waals surface area (Å²) >= 11 is 0. The van der Waals surface area contributed by atoms with Crippen molar-refractivity contribution in [2.45, 2.75) is 50.6 Å². The molecule has 1 aromatic rings. The Morgan fingerprint density at radius 1 is 1.37 bits per heavy atom. The van der Waals surface area contributed by atoms with Gasteiger partial charge in [-0.25, -0.2) is 0 Å². The zero-order valence-electron chi connectivity index (χ0n) is 12.5. The molecule has 1 atom stereocenters. The van der Waals surface area contributed by atoms with Gasteiger partial charge in [0.1, 0.15) is 0 Å². The van der Waals surface area contributed by atoms with Crippen molar-refractivity contribution in [3.8, 4) is 0 Å². The van der Waals surface area contributed by atoms with Crippen LogP contribution in [0.25, 0.3) is 0 Å². The summed E-state index contributed by atoms with van der Waals surface area (Å²) in [6, 6.07) is 4.65. The van der Waals surface area contributed by atoms with Crippen molar-refractivity contribution in [3.05, 3.63) is 30.1 Å². The topological polar surface area (TPSA) is 28.2 Å². The highest BCUT2D eigenvalue weighted by Crippen LogP contribution is 2.43. The van der Waals surface area contributed by atoms with Gasteiger partial charge in [-0.15, -0.1) is 0 Å². The van der Waals surface area contributed by atoms with Crippen LogP contribution in [-0.2, 0) is 0 Å². The summed E-state index contributed by atoms with van der Waals surface area (Å²) in [5, 5.41) is 3.77. The molecule has 0 aromatic carbocycles. The van der Waals surface area contributed by atoms with E-state index in [0.29, 0.717) is 6.04 Å². The second kappa shape index (κ2) is 6.49. The molecule has 0 aliphatic heterocycles. The van der Waals surface area contributed by atoms with Crippen LogP contribution in [0.1, 0.15) is 50.6 Å². The number of rotatable bonds is 6. The van der Waals surface area contributed by atoms with Crippen molar-refractivity contribution >= 4 is 0 Å². The number of hydrogen-bond donors (Lipinski definition) is 1. The van der Waals surface area contributed by atoms with Gasteiger partial charge in [-0.3, -0.25) is 4.98 Å². The molecule has 1 fully saturated rings. The van der Waals surface area contributed by atoms with Crippen molar-refractivity contribution < 1.29 is 0 Å². The summed E-state index contributed by atoms with van der Waals surface area (Å²) in [5.41, 5.74) is 1.57. The summed E-state index contributed by atoms with van der Waals surface area (Å²) in [4.78, 5) is 6.75. The van der Waals surface area contributed by atoms with Gasteiger partial charge in [0.05, 0.1) is 6.04 Å². The number of likely N-dealkylation sites (N-methyl/N-ethyl adjacent to an activating group) is 1. The second-order valence-electron chi connectivity index (χ2n) is 5.88. The van der Waals surface area contributed by atoms with Crippen molar-refractivity contribution in [2.24, 2.45) is 0 Å². The third-order valence-corrected chi connectivity index (χ3v) is 4.51. The lowest BCUT2D eigenvalue weighted by Gasteiger charge is -2.44. The van der Waals surface area contributed by atoms with Gasteiger partial charge in [-0.2, -0.15) is 0 Å². The van der Waals surface area contributed by atoms with E-state index in [4.69, 9.17) is 0 Å². The zero-order chi connectivity index (χ0) is 13.7.